The molecule has 0 aliphatic carbocycles. The molecule has 470 valence electrons. The van der Waals surface area contributed by atoms with Gasteiger partial charge in [0, 0.05) is 72.2 Å². The molecular weight excluding hydrogens is 1190 g/mol. The van der Waals surface area contributed by atoms with E-state index < -0.39 is 11.2 Å². The Morgan fingerprint density at radius 3 is 1.53 bits per heavy atom. The number of nitrogen functional groups attached to an aromatic ring is 1. The van der Waals surface area contributed by atoms with Gasteiger partial charge >= 0.3 is 12.2 Å². The zero-order valence-electron chi connectivity index (χ0n) is 49.8. The van der Waals surface area contributed by atoms with Crippen molar-refractivity contribution in [2.45, 2.75) is 133 Å². The van der Waals surface area contributed by atoms with Gasteiger partial charge in [-0.3, -0.25) is 25.0 Å². The van der Waals surface area contributed by atoms with Gasteiger partial charge in [-0.05, 0) is 76.2 Å². The van der Waals surface area contributed by atoms with Crippen LogP contribution in [0.4, 0.5) is 9.59 Å². The Hall–Kier alpha value is -7.52. The quantitative estimate of drug-likeness (QED) is 0.0656. The molecule has 0 saturated heterocycles. The van der Waals surface area contributed by atoms with Gasteiger partial charge in [0.15, 0.2) is 17.5 Å². The number of halogens is 1. The number of aliphatic imine (C=N–C) groups is 1. The number of hydrogen-bond acceptors (Lipinski definition) is 20. The number of thiazole rings is 3. The first-order chi connectivity index (χ1) is 40.2. The maximum atomic E-state index is 12.5. The van der Waals surface area contributed by atoms with Crippen LogP contribution in [0.15, 0.2) is 112 Å². The van der Waals surface area contributed by atoms with E-state index in [2.05, 4.69) is 74.7 Å². The molecule has 22 nitrogen and oxygen atoms in total. The Morgan fingerprint density at radius 1 is 0.632 bits per heavy atom. The van der Waals surface area contributed by atoms with Gasteiger partial charge in [-0.2, -0.15) is 0 Å². The van der Waals surface area contributed by atoms with Gasteiger partial charge in [0.25, 0.3) is 5.91 Å². The number of amides is 3. The molecule has 3 aliphatic rings. The van der Waals surface area contributed by atoms with Crippen molar-refractivity contribution in [2.75, 3.05) is 39.4 Å². The highest BCUT2D eigenvalue weighted by atomic mass is 35.5. The molecule has 0 fully saturated rings. The Kier molecular flexibility index (Phi) is 27.8. The topological polar surface area (TPSA) is 268 Å². The van der Waals surface area contributed by atoms with Gasteiger partial charge in [-0.25, -0.2) is 30.4 Å². The fraction of sp³-hybridized carbons (Fsp3) is 0.426. The van der Waals surface area contributed by atoms with E-state index in [-0.39, 0.29) is 70.1 Å². The average molecular weight is 1270 g/mol. The summed E-state index contributed by atoms with van der Waals surface area (Å²) >= 11 is 4.65. The van der Waals surface area contributed by atoms with Crippen molar-refractivity contribution in [3.63, 3.8) is 0 Å². The third-order valence-electron chi connectivity index (χ3n) is 12.5. The number of hydrazine groups is 1. The molecule has 3 amide bonds. The summed E-state index contributed by atoms with van der Waals surface area (Å²) in [5, 5.41) is 36.9. The molecule has 5 aromatic heterocycles. The van der Waals surface area contributed by atoms with E-state index in [0.29, 0.717) is 44.4 Å². The molecule has 8 aromatic rings. The van der Waals surface area contributed by atoms with E-state index in [0.717, 1.165) is 79.5 Å². The monoisotopic (exact) mass is 1270 g/mol. The molecule has 0 spiro atoms. The molecule has 0 bridgehead atoms. The van der Waals surface area contributed by atoms with Gasteiger partial charge < -0.3 is 33.8 Å². The normalized spacial score (nSPS) is 15.6. The van der Waals surface area contributed by atoms with Gasteiger partial charge in [-0.1, -0.05) is 106 Å². The van der Waals surface area contributed by atoms with Crippen LogP contribution in [0, 0.1) is 0 Å². The summed E-state index contributed by atoms with van der Waals surface area (Å²) in [6, 6.07) is 29.9. The highest BCUT2D eigenvalue weighted by Crippen LogP contribution is 2.34. The second-order valence-electron chi connectivity index (χ2n) is 21.1. The van der Waals surface area contributed by atoms with E-state index >= 15 is 0 Å². The highest BCUT2D eigenvalue weighted by molar-refractivity contribution is 7.14. The van der Waals surface area contributed by atoms with Crippen molar-refractivity contribution in [3.05, 3.63) is 124 Å². The zero-order chi connectivity index (χ0) is 60.6. The third kappa shape index (κ3) is 19.5. The number of aromatic nitrogens is 9. The predicted octanol–water partition coefficient (Wildman–Crippen LogP) is 12.3. The van der Waals surface area contributed by atoms with Gasteiger partial charge in [0.05, 0.1) is 25.2 Å². The number of nitrogens with one attached hydrogen (secondary N) is 2. The van der Waals surface area contributed by atoms with Crippen LogP contribution >= 0.6 is 46.4 Å². The summed E-state index contributed by atoms with van der Waals surface area (Å²) < 4.78 is 20.5. The van der Waals surface area contributed by atoms with Crippen LogP contribution in [-0.4, -0.2) is 140 Å². The van der Waals surface area contributed by atoms with E-state index in [4.69, 9.17) is 35.1 Å². The third-order valence-corrected chi connectivity index (χ3v) is 15.2. The number of nitrogens with two attached hydrogens (primary N) is 1. The number of carbonyl (C=O) groups excluding carboxylic acids is 3. The number of aliphatic hydroxyl groups is 1. The molecule has 11 rings (SSSR count). The molecule has 3 atom stereocenters. The Morgan fingerprint density at radius 2 is 1.07 bits per heavy atom. The van der Waals surface area contributed by atoms with Crippen molar-refractivity contribution >= 4 is 70.4 Å². The molecule has 26 heteroatoms. The molecule has 87 heavy (non-hydrogen) atoms. The maximum absolute atomic E-state index is 12.5. The second-order valence-corrected chi connectivity index (χ2v) is 23.7. The van der Waals surface area contributed by atoms with Crippen molar-refractivity contribution in [1.82, 2.24) is 65.0 Å². The minimum Gasteiger partial charge on any atom is -0.480 e. The molecule has 3 aliphatic heterocycles. The van der Waals surface area contributed by atoms with E-state index in [1.807, 2.05) is 147 Å². The molecule has 0 radical (unpaired) electrons. The number of carbonyl (C=O) groups is 3. The lowest BCUT2D eigenvalue weighted by Gasteiger charge is -2.34. The van der Waals surface area contributed by atoms with E-state index in [1.54, 1.807) is 44.8 Å². The first-order valence-electron chi connectivity index (χ1n) is 27.6. The van der Waals surface area contributed by atoms with Crippen LogP contribution < -0.4 is 16.6 Å². The van der Waals surface area contributed by atoms with Gasteiger partial charge in [-0.15, -0.1) is 66.8 Å². The lowest BCUT2D eigenvalue weighted by Crippen LogP contribution is -2.50. The number of hydrogen-bond donors (Lipinski definition) is 4. The summed E-state index contributed by atoms with van der Waals surface area (Å²) in [5.74, 6) is 8.62. The number of ether oxygens (including phenoxy) is 3. The zero-order valence-corrected chi connectivity index (χ0v) is 53.0. The van der Waals surface area contributed by atoms with Crippen LogP contribution in [0.2, 0.25) is 0 Å². The van der Waals surface area contributed by atoms with Crippen LogP contribution in [-0.2, 0) is 27.3 Å². The number of aliphatic hydroxyl groups excluding tert-OH is 1. The summed E-state index contributed by atoms with van der Waals surface area (Å²) in [6.07, 6.45) is -0.632. The number of rotatable bonds is 7. The van der Waals surface area contributed by atoms with Crippen LogP contribution in [0.5, 0.6) is 0 Å². The van der Waals surface area contributed by atoms with Crippen LogP contribution in [0.25, 0.3) is 54.7 Å². The Bertz CT molecular complexity index is 3410. The minimum absolute atomic E-state index is 0. The van der Waals surface area contributed by atoms with Crippen molar-refractivity contribution in [1.29, 1.82) is 0 Å². The maximum Gasteiger partial charge on any atom is 0.411 e. The summed E-state index contributed by atoms with van der Waals surface area (Å²) in [5.41, 5.74) is 6.34. The standard InChI is InChI=1S/C20H23N5O2S.C15H15N5S.C12H22N2O3.C10H9N3OS.C2H6O.2CH4.ClH/c1-13-16-22-23-17(15-12-28-18(21-15)14-8-6-5-7-9-14)25(16)11-10-24(13)19(26)27-20(2,3)4;1-10-13-18-19-14(20(13)8-7-16-10)12-9-21-15(17-12)11-5-3-2-4-6-11;1-6-16-10-9(2)14(8-7-13-10)11(15)17-12(3,4)5;11-13-9(14)8-6-15-10(12-8)7-4-2-1-3-5-7;1-2-3;;;/h5-9,12-13H,10-11H2,1-4H3;2-6,9-10,16H,7-8H2,1H3;9H,6-8H2,1-5H3;1-6H,11H2,(H,13,14);3H,2H2,1H3;2*1H4;1H/t13-;10-;9-;;;;;/m111...../s1. The fourth-order valence-electron chi connectivity index (χ4n) is 8.63. The lowest BCUT2D eigenvalue weighted by molar-refractivity contribution is 0.0120. The molecule has 5 N–H and O–H groups in total. The number of fused-ring (bicyclic) bond motifs is 2. The van der Waals surface area contributed by atoms with Crippen molar-refractivity contribution in [2.24, 2.45) is 10.8 Å². The van der Waals surface area contributed by atoms with Crippen molar-refractivity contribution in [3.8, 4) is 54.7 Å². The molecule has 3 aromatic carbocycles. The smallest absolute Gasteiger partial charge is 0.411 e. The predicted molar refractivity (Wildman–Crippen MR) is 350 cm³/mol. The summed E-state index contributed by atoms with van der Waals surface area (Å²) in [4.78, 5) is 56.9. The molecule has 0 unspecified atom stereocenters. The van der Waals surface area contributed by atoms with Crippen molar-refractivity contribution < 1.29 is 33.7 Å². The van der Waals surface area contributed by atoms with E-state index in [9.17, 15) is 14.4 Å². The average Bonchev–Trinajstić information content (AvgIpc) is 1.88. The number of benzene rings is 3. The minimum atomic E-state index is -0.526. The highest BCUT2D eigenvalue weighted by Gasteiger charge is 2.35. The Labute approximate surface area is 529 Å². The molecule has 8 heterocycles. The fourth-order valence-corrected chi connectivity index (χ4v) is 11.0. The SMILES string of the molecule is C.C.CCO.CCOC1=NCCN(C(=O)OC(C)(C)C)[C@@H]1C.C[C@@H]1c2nnc(-c3csc(-c4ccccc4)n3)n2CCN1C(=O)OC(C)(C)C.C[C@H]1NCCn2c(-c3csc(-c4ccccc4)n3)nnc21.Cl.NNC(=O)c1csc(-c2ccccc2)n1. The van der Waals surface area contributed by atoms with Gasteiger partial charge in [0.1, 0.15) is 55.2 Å². The second kappa shape index (κ2) is 33.6. The lowest BCUT2D eigenvalue weighted by atomic mass is 10.2. The molecule has 0 saturated carbocycles. The largest absolute Gasteiger partial charge is 0.480 e. The van der Waals surface area contributed by atoms with Crippen LogP contribution in [0.1, 0.15) is 125 Å². The summed E-state index contributed by atoms with van der Waals surface area (Å²) in [7, 11) is 0. The first kappa shape index (κ1) is 72.0. The first-order valence-corrected chi connectivity index (χ1v) is 30.3. The van der Waals surface area contributed by atoms with E-state index in [1.165, 1.54) is 11.3 Å². The molecular formula is C61H84ClN15O7S3. The van der Waals surface area contributed by atoms with Gasteiger partial charge in [0.2, 0.25) is 5.90 Å². The summed E-state index contributed by atoms with van der Waals surface area (Å²) in [6.45, 7) is 25.7. The Balaban J connectivity index is 0.000000248. The number of nitrogens with zero attached hydrogens (tertiary/aromatic N) is 12. The van der Waals surface area contributed by atoms with Crippen LogP contribution in [0.3, 0.4) is 0 Å².